The molecule has 0 saturated heterocycles. The lowest BCUT2D eigenvalue weighted by Gasteiger charge is -2.41. The number of hydrogen-bond acceptors (Lipinski definition) is 2. The van der Waals surface area contributed by atoms with Crippen LogP contribution in [0.25, 0.3) is 0 Å². The molecule has 21 heavy (non-hydrogen) atoms. The molecular weight excluding hydrogens is 332 g/mol. The molecule has 0 unspecified atom stereocenters. The molecule has 1 N–H and O–H groups in total. The Labute approximate surface area is 134 Å². The van der Waals surface area contributed by atoms with Crippen LogP contribution >= 0.6 is 15.9 Å². The van der Waals surface area contributed by atoms with E-state index < -0.39 is 11.4 Å². The van der Waals surface area contributed by atoms with Gasteiger partial charge in [0, 0.05) is 4.47 Å². The SMILES string of the molecule is COc1ccc(Br)cc1CC1(C(=O)O)CCC(C)(C)CC1. The van der Waals surface area contributed by atoms with E-state index in [1.54, 1.807) is 7.11 Å². The predicted molar refractivity (Wildman–Crippen MR) is 86.7 cm³/mol. The molecule has 1 aliphatic rings. The Bertz CT molecular complexity index is 527. The van der Waals surface area contributed by atoms with Crippen LogP contribution < -0.4 is 4.74 Å². The predicted octanol–water partition coefficient (Wildman–Crippen LogP) is 4.67. The van der Waals surface area contributed by atoms with Gasteiger partial charge in [-0.2, -0.15) is 0 Å². The van der Waals surface area contributed by atoms with Gasteiger partial charge in [0.25, 0.3) is 0 Å². The fourth-order valence-electron chi connectivity index (χ4n) is 3.12. The van der Waals surface area contributed by atoms with Crippen molar-refractivity contribution in [3.05, 3.63) is 28.2 Å². The van der Waals surface area contributed by atoms with Gasteiger partial charge < -0.3 is 9.84 Å². The molecule has 0 atom stereocenters. The van der Waals surface area contributed by atoms with E-state index in [-0.39, 0.29) is 5.41 Å². The zero-order chi connectivity index (χ0) is 15.7. The molecule has 0 aliphatic heterocycles. The van der Waals surface area contributed by atoms with E-state index in [0.29, 0.717) is 6.42 Å². The number of carboxylic acid groups (broad SMARTS) is 1. The molecule has 0 bridgehead atoms. The maximum atomic E-state index is 11.9. The summed E-state index contributed by atoms with van der Waals surface area (Å²) in [7, 11) is 1.63. The first-order chi connectivity index (χ1) is 9.78. The molecule has 1 aromatic rings. The van der Waals surface area contributed by atoms with E-state index in [1.165, 1.54) is 0 Å². The third kappa shape index (κ3) is 3.60. The number of benzene rings is 1. The van der Waals surface area contributed by atoms with Gasteiger partial charge in [0.15, 0.2) is 0 Å². The van der Waals surface area contributed by atoms with E-state index in [4.69, 9.17) is 4.74 Å². The first kappa shape index (κ1) is 16.3. The molecule has 4 heteroatoms. The summed E-state index contributed by atoms with van der Waals surface area (Å²) < 4.78 is 6.35. The average molecular weight is 355 g/mol. The van der Waals surface area contributed by atoms with Crippen LogP contribution in [-0.2, 0) is 11.2 Å². The molecule has 0 radical (unpaired) electrons. The smallest absolute Gasteiger partial charge is 0.309 e. The number of rotatable bonds is 4. The number of ether oxygens (including phenoxy) is 1. The monoisotopic (exact) mass is 354 g/mol. The molecule has 1 aromatic carbocycles. The van der Waals surface area contributed by atoms with E-state index in [2.05, 4.69) is 29.8 Å². The quantitative estimate of drug-likeness (QED) is 0.854. The Kier molecular flexibility index (Phi) is 4.66. The van der Waals surface area contributed by atoms with Crippen LogP contribution in [0, 0.1) is 10.8 Å². The van der Waals surface area contributed by atoms with Gasteiger partial charge in [-0.05, 0) is 61.3 Å². The Morgan fingerprint density at radius 3 is 2.43 bits per heavy atom. The fraction of sp³-hybridized carbons (Fsp3) is 0.588. The van der Waals surface area contributed by atoms with Crippen LogP contribution in [0.15, 0.2) is 22.7 Å². The van der Waals surface area contributed by atoms with Crippen LogP contribution in [0.3, 0.4) is 0 Å². The van der Waals surface area contributed by atoms with Crippen molar-refractivity contribution in [2.75, 3.05) is 7.11 Å². The van der Waals surface area contributed by atoms with Gasteiger partial charge in [-0.1, -0.05) is 29.8 Å². The lowest BCUT2D eigenvalue weighted by atomic mass is 9.63. The average Bonchev–Trinajstić information content (AvgIpc) is 2.41. The van der Waals surface area contributed by atoms with Gasteiger partial charge in [0.05, 0.1) is 12.5 Å². The van der Waals surface area contributed by atoms with Gasteiger partial charge in [-0.25, -0.2) is 0 Å². The topological polar surface area (TPSA) is 46.5 Å². The highest BCUT2D eigenvalue weighted by Crippen LogP contribution is 2.47. The minimum absolute atomic E-state index is 0.250. The Hall–Kier alpha value is -1.03. The molecule has 0 amide bonds. The van der Waals surface area contributed by atoms with Gasteiger partial charge >= 0.3 is 5.97 Å². The maximum absolute atomic E-state index is 11.9. The molecule has 1 aliphatic carbocycles. The highest BCUT2D eigenvalue weighted by molar-refractivity contribution is 9.10. The van der Waals surface area contributed by atoms with Gasteiger partial charge in [-0.3, -0.25) is 4.79 Å². The molecule has 116 valence electrons. The van der Waals surface area contributed by atoms with Crippen molar-refractivity contribution >= 4 is 21.9 Å². The normalized spacial score (nSPS) is 20.0. The Balaban J connectivity index is 2.30. The molecular formula is C17H23BrO3. The number of methoxy groups -OCH3 is 1. The molecule has 3 nitrogen and oxygen atoms in total. The molecule has 1 fully saturated rings. The molecule has 2 rings (SSSR count). The molecule has 0 heterocycles. The number of hydrogen-bond donors (Lipinski definition) is 1. The Morgan fingerprint density at radius 1 is 1.29 bits per heavy atom. The number of halogens is 1. The van der Waals surface area contributed by atoms with Crippen LogP contribution in [-0.4, -0.2) is 18.2 Å². The van der Waals surface area contributed by atoms with Crippen LogP contribution in [0.4, 0.5) is 0 Å². The van der Waals surface area contributed by atoms with E-state index in [1.807, 2.05) is 18.2 Å². The second-order valence-corrected chi connectivity index (χ2v) is 7.80. The molecule has 0 spiro atoms. The lowest BCUT2D eigenvalue weighted by molar-refractivity contribution is -0.152. The van der Waals surface area contributed by atoms with E-state index >= 15 is 0 Å². The van der Waals surface area contributed by atoms with Crippen molar-refractivity contribution in [1.82, 2.24) is 0 Å². The van der Waals surface area contributed by atoms with Crippen molar-refractivity contribution in [2.45, 2.75) is 46.0 Å². The van der Waals surface area contributed by atoms with Crippen LogP contribution in [0.5, 0.6) is 5.75 Å². The van der Waals surface area contributed by atoms with Crippen molar-refractivity contribution < 1.29 is 14.6 Å². The summed E-state index contributed by atoms with van der Waals surface area (Å²) in [6, 6.07) is 5.78. The summed E-state index contributed by atoms with van der Waals surface area (Å²) in [5.74, 6) is 0.0867. The minimum Gasteiger partial charge on any atom is -0.496 e. The van der Waals surface area contributed by atoms with Gasteiger partial charge in [0.2, 0.25) is 0 Å². The summed E-state index contributed by atoms with van der Waals surface area (Å²) in [6.45, 7) is 4.44. The number of aliphatic carboxylic acids is 1. The summed E-state index contributed by atoms with van der Waals surface area (Å²) in [5.41, 5.74) is 0.554. The second kappa shape index (κ2) is 5.99. The molecule has 1 saturated carbocycles. The standard InChI is InChI=1S/C17H23BrO3/c1-16(2)6-8-17(9-7-16,15(19)20)11-12-10-13(18)4-5-14(12)21-3/h4-5,10H,6-9,11H2,1-3H3,(H,19,20). The summed E-state index contributed by atoms with van der Waals surface area (Å²) >= 11 is 3.46. The van der Waals surface area contributed by atoms with Gasteiger partial charge in [0.1, 0.15) is 5.75 Å². The van der Waals surface area contributed by atoms with Gasteiger partial charge in [-0.15, -0.1) is 0 Å². The third-order valence-corrected chi connectivity index (χ3v) is 5.28. The van der Waals surface area contributed by atoms with Crippen LogP contribution in [0.1, 0.15) is 45.1 Å². The first-order valence-electron chi connectivity index (χ1n) is 7.34. The summed E-state index contributed by atoms with van der Waals surface area (Å²) in [4.78, 5) is 11.9. The van der Waals surface area contributed by atoms with Crippen molar-refractivity contribution in [2.24, 2.45) is 10.8 Å². The van der Waals surface area contributed by atoms with E-state index in [0.717, 1.165) is 41.5 Å². The Morgan fingerprint density at radius 2 is 1.90 bits per heavy atom. The highest BCUT2D eigenvalue weighted by Gasteiger charge is 2.44. The second-order valence-electron chi connectivity index (χ2n) is 6.88. The van der Waals surface area contributed by atoms with E-state index in [9.17, 15) is 9.90 Å². The highest BCUT2D eigenvalue weighted by atomic mass is 79.9. The number of carbonyl (C=O) groups is 1. The zero-order valence-corrected chi connectivity index (χ0v) is 14.5. The summed E-state index contributed by atoms with van der Waals surface area (Å²) in [6.07, 6.45) is 3.89. The number of carboxylic acids is 1. The minimum atomic E-state index is -0.681. The van der Waals surface area contributed by atoms with Crippen LogP contribution in [0.2, 0.25) is 0 Å². The summed E-state index contributed by atoms with van der Waals surface area (Å²) in [5, 5.41) is 9.80. The fourth-order valence-corrected chi connectivity index (χ4v) is 3.53. The lowest BCUT2D eigenvalue weighted by Crippen LogP contribution is -2.39. The maximum Gasteiger partial charge on any atom is 0.309 e. The van der Waals surface area contributed by atoms with Crippen molar-refractivity contribution in [1.29, 1.82) is 0 Å². The largest absolute Gasteiger partial charge is 0.496 e. The molecule has 0 aromatic heterocycles. The van der Waals surface area contributed by atoms with Crippen molar-refractivity contribution in [3.8, 4) is 5.75 Å². The van der Waals surface area contributed by atoms with Crippen molar-refractivity contribution in [3.63, 3.8) is 0 Å². The first-order valence-corrected chi connectivity index (χ1v) is 8.13. The third-order valence-electron chi connectivity index (χ3n) is 4.79. The zero-order valence-electron chi connectivity index (χ0n) is 12.9.